The summed E-state index contributed by atoms with van der Waals surface area (Å²) in [6.45, 7) is 0.462. The average molecular weight is 251 g/mol. The smallest absolute Gasteiger partial charge is 0.0755 e. The van der Waals surface area contributed by atoms with Crippen molar-refractivity contribution >= 4 is 11.4 Å². The molecule has 1 aliphatic carbocycles. The standard InChI is InChI=1S/C16H17N3/c17-10-13-11-18-16(12-6-2-1-3-7-12)14-8-4-5-9-15(14)19-13/h1-2,4-6,8-9,11,19H,3,7,10,17H2. The molecule has 1 aromatic carbocycles. The van der Waals surface area contributed by atoms with Crippen LogP contribution in [0.1, 0.15) is 18.4 Å². The third-order valence-electron chi connectivity index (χ3n) is 3.36. The molecule has 0 saturated carbocycles. The fourth-order valence-electron chi connectivity index (χ4n) is 2.38. The highest BCUT2D eigenvalue weighted by Gasteiger charge is 2.16. The van der Waals surface area contributed by atoms with Crippen molar-refractivity contribution in [1.82, 2.24) is 0 Å². The van der Waals surface area contributed by atoms with Crippen LogP contribution in [-0.2, 0) is 0 Å². The molecule has 0 bridgehead atoms. The second-order valence-corrected chi connectivity index (χ2v) is 4.67. The topological polar surface area (TPSA) is 50.4 Å². The lowest BCUT2D eigenvalue weighted by molar-refractivity contribution is 1.00. The zero-order valence-corrected chi connectivity index (χ0v) is 10.8. The molecule has 96 valence electrons. The van der Waals surface area contributed by atoms with Gasteiger partial charge in [-0.25, -0.2) is 0 Å². The molecular weight excluding hydrogens is 234 g/mol. The number of nitrogens with two attached hydrogens (primary N) is 1. The molecule has 0 saturated heterocycles. The maximum Gasteiger partial charge on any atom is 0.0755 e. The minimum atomic E-state index is 0.462. The van der Waals surface area contributed by atoms with Gasteiger partial charge in [0.15, 0.2) is 0 Å². The van der Waals surface area contributed by atoms with Gasteiger partial charge in [-0.1, -0.05) is 36.4 Å². The number of anilines is 1. The van der Waals surface area contributed by atoms with Crippen LogP contribution in [0, 0.1) is 0 Å². The molecule has 1 heterocycles. The Hall–Kier alpha value is -2.13. The lowest BCUT2D eigenvalue weighted by atomic mass is 9.94. The van der Waals surface area contributed by atoms with Crippen LogP contribution in [0.2, 0.25) is 0 Å². The molecule has 3 heteroatoms. The van der Waals surface area contributed by atoms with Crippen molar-refractivity contribution in [1.29, 1.82) is 0 Å². The highest BCUT2D eigenvalue weighted by Crippen LogP contribution is 2.26. The quantitative estimate of drug-likeness (QED) is 0.849. The molecular formula is C16H17N3. The van der Waals surface area contributed by atoms with Crippen LogP contribution in [0.3, 0.4) is 0 Å². The van der Waals surface area contributed by atoms with Crippen LogP contribution in [0.5, 0.6) is 0 Å². The van der Waals surface area contributed by atoms with Crippen LogP contribution in [-0.4, -0.2) is 12.3 Å². The number of benzene rings is 1. The third kappa shape index (κ3) is 2.37. The summed E-state index contributed by atoms with van der Waals surface area (Å²) in [5, 5.41) is 3.35. The molecule has 0 aromatic heterocycles. The molecule has 0 radical (unpaired) electrons. The normalized spacial score (nSPS) is 17.6. The molecule has 3 N–H and O–H groups in total. The predicted molar refractivity (Wildman–Crippen MR) is 80.2 cm³/mol. The molecule has 0 fully saturated rings. The summed E-state index contributed by atoms with van der Waals surface area (Å²) in [7, 11) is 0. The van der Waals surface area contributed by atoms with Crippen molar-refractivity contribution in [2.45, 2.75) is 12.8 Å². The molecule has 1 aromatic rings. The second kappa shape index (κ2) is 5.24. The Labute approximate surface area is 113 Å². The number of rotatable bonds is 2. The van der Waals surface area contributed by atoms with E-state index < -0.39 is 0 Å². The van der Waals surface area contributed by atoms with Gasteiger partial charge in [-0.2, -0.15) is 0 Å². The first-order valence-corrected chi connectivity index (χ1v) is 6.58. The minimum Gasteiger partial charge on any atom is -0.356 e. The van der Waals surface area contributed by atoms with E-state index in [4.69, 9.17) is 5.73 Å². The Morgan fingerprint density at radius 1 is 1.26 bits per heavy atom. The molecule has 3 rings (SSSR count). The zero-order valence-electron chi connectivity index (χ0n) is 10.8. The van der Waals surface area contributed by atoms with E-state index in [1.54, 1.807) is 0 Å². The van der Waals surface area contributed by atoms with Crippen molar-refractivity contribution < 1.29 is 0 Å². The largest absolute Gasteiger partial charge is 0.356 e. The van der Waals surface area contributed by atoms with Crippen LogP contribution in [0.4, 0.5) is 5.69 Å². The first kappa shape index (κ1) is 11.9. The molecule has 0 unspecified atom stereocenters. The first-order chi connectivity index (χ1) is 9.38. The summed E-state index contributed by atoms with van der Waals surface area (Å²) < 4.78 is 0. The van der Waals surface area contributed by atoms with E-state index in [1.807, 2.05) is 18.3 Å². The van der Waals surface area contributed by atoms with Gasteiger partial charge in [0, 0.05) is 29.7 Å². The first-order valence-electron chi connectivity index (χ1n) is 6.58. The van der Waals surface area contributed by atoms with Crippen LogP contribution < -0.4 is 11.1 Å². The van der Waals surface area contributed by atoms with E-state index >= 15 is 0 Å². The molecule has 0 amide bonds. The lowest BCUT2D eigenvalue weighted by Crippen LogP contribution is -2.12. The fourth-order valence-corrected chi connectivity index (χ4v) is 2.38. The van der Waals surface area contributed by atoms with Crippen molar-refractivity contribution in [2.24, 2.45) is 10.7 Å². The van der Waals surface area contributed by atoms with Crippen LogP contribution in [0.15, 0.2) is 65.0 Å². The van der Waals surface area contributed by atoms with Crippen molar-refractivity contribution in [3.05, 3.63) is 65.5 Å². The Morgan fingerprint density at radius 2 is 2.16 bits per heavy atom. The highest BCUT2D eigenvalue weighted by atomic mass is 14.9. The van der Waals surface area contributed by atoms with Crippen LogP contribution in [0.25, 0.3) is 0 Å². The molecule has 0 atom stereocenters. The number of nitrogens with one attached hydrogen (secondary N) is 1. The van der Waals surface area contributed by atoms with Gasteiger partial charge < -0.3 is 11.1 Å². The molecule has 0 spiro atoms. The second-order valence-electron chi connectivity index (χ2n) is 4.67. The minimum absolute atomic E-state index is 0.462. The predicted octanol–water partition coefficient (Wildman–Crippen LogP) is 2.98. The maximum atomic E-state index is 5.73. The number of hydrogen-bond donors (Lipinski definition) is 2. The summed E-state index contributed by atoms with van der Waals surface area (Å²) >= 11 is 0. The maximum absolute atomic E-state index is 5.73. The van der Waals surface area contributed by atoms with Gasteiger partial charge in [-0.05, 0) is 24.5 Å². The Morgan fingerprint density at radius 3 is 2.95 bits per heavy atom. The summed E-state index contributed by atoms with van der Waals surface area (Å²) in [6.07, 6.45) is 10.4. The van der Waals surface area contributed by atoms with Crippen molar-refractivity contribution in [3.8, 4) is 0 Å². The third-order valence-corrected chi connectivity index (χ3v) is 3.36. The van der Waals surface area contributed by atoms with Crippen molar-refractivity contribution in [2.75, 3.05) is 11.9 Å². The Kier molecular flexibility index (Phi) is 3.29. The number of para-hydroxylation sites is 1. The van der Waals surface area contributed by atoms with Gasteiger partial charge in [0.1, 0.15) is 0 Å². The number of hydrogen-bond acceptors (Lipinski definition) is 3. The van der Waals surface area contributed by atoms with Gasteiger partial charge in [0.05, 0.1) is 5.71 Å². The molecule has 3 nitrogen and oxygen atoms in total. The summed E-state index contributed by atoms with van der Waals surface area (Å²) in [6, 6.07) is 8.24. The summed E-state index contributed by atoms with van der Waals surface area (Å²) in [5.41, 5.74) is 11.2. The molecule has 1 aliphatic heterocycles. The average Bonchev–Trinajstić information content (AvgIpc) is 2.67. The van der Waals surface area contributed by atoms with E-state index in [-0.39, 0.29) is 0 Å². The monoisotopic (exact) mass is 251 g/mol. The number of nitrogens with zero attached hydrogens (tertiary/aromatic N) is 1. The number of fused-ring (bicyclic) bond motifs is 1. The lowest BCUT2D eigenvalue weighted by Gasteiger charge is -2.14. The zero-order chi connectivity index (χ0) is 13.1. The highest BCUT2D eigenvalue weighted by molar-refractivity contribution is 6.16. The SMILES string of the molecule is NCC1=CN=C(C2=CC=CCC2)c2ccccc2N1. The summed E-state index contributed by atoms with van der Waals surface area (Å²) in [4.78, 5) is 4.65. The van der Waals surface area contributed by atoms with Crippen LogP contribution >= 0.6 is 0 Å². The number of aliphatic imine (C=N–C) groups is 1. The summed E-state index contributed by atoms with van der Waals surface area (Å²) in [5.74, 6) is 0. The van der Waals surface area contributed by atoms with E-state index in [0.29, 0.717) is 6.54 Å². The Bertz CT molecular complexity index is 606. The van der Waals surface area contributed by atoms with Gasteiger partial charge in [-0.15, -0.1) is 0 Å². The van der Waals surface area contributed by atoms with Gasteiger partial charge in [0.2, 0.25) is 0 Å². The van der Waals surface area contributed by atoms with E-state index in [0.717, 1.165) is 35.5 Å². The van der Waals surface area contributed by atoms with Crippen molar-refractivity contribution in [3.63, 3.8) is 0 Å². The van der Waals surface area contributed by atoms with E-state index in [2.05, 4.69) is 40.7 Å². The van der Waals surface area contributed by atoms with E-state index in [9.17, 15) is 0 Å². The van der Waals surface area contributed by atoms with Gasteiger partial charge >= 0.3 is 0 Å². The molecule has 19 heavy (non-hydrogen) atoms. The molecule has 2 aliphatic rings. The van der Waals surface area contributed by atoms with Gasteiger partial charge in [0.25, 0.3) is 0 Å². The Balaban J connectivity index is 2.11. The number of allylic oxidation sites excluding steroid dienone is 4. The fraction of sp³-hybridized carbons (Fsp3) is 0.188. The van der Waals surface area contributed by atoms with E-state index in [1.165, 1.54) is 5.57 Å². The van der Waals surface area contributed by atoms with Gasteiger partial charge in [-0.3, -0.25) is 4.99 Å².